The number of fused-ring (bicyclic) bond motifs is 3. The van der Waals surface area contributed by atoms with E-state index in [1.165, 1.54) is 21.6 Å². The summed E-state index contributed by atoms with van der Waals surface area (Å²) in [5.74, 6) is -0.167. The van der Waals surface area contributed by atoms with E-state index in [-0.39, 0.29) is 18.4 Å². The Morgan fingerprint density at radius 3 is 2.67 bits per heavy atom. The van der Waals surface area contributed by atoms with Crippen LogP contribution in [-0.4, -0.2) is 36.3 Å². The van der Waals surface area contributed by atoms with E-state index in [2.05, 4.69) is 23.5 Å². The average Bonchev–Trinajstić information content (AvgIpc) is 3.04. The SMILES string of the molecule is CCNC(=O)CN(CC)C(=O)c1cc2c(s1)-c1ccccc1CC2. The first-order valence-corrected chi connectivity index (χ1v) is 9.22. The molecule has 126 valence electrons. The first-order valence-electron chi connectivity index (χ1n) is 8.41. The summed E-state index contributed by atoms with van der Waals surface area (Å²) >= 11 is 1.55. The van der Waals surface area contributed by atoms with Crippen molar-refractivity contribution in [3.63, 3.8) is 0 Å². The van der Waals surface area contributed by atoms with Crippen LogP contribution >= 0.6 is 11.3 Å². The zero-order chi connectivity index (χ0) is 17.1. The molecule has 2 amide bonds. The Balaban J connectivity index is 1.85. The molecular weight excluding hydrogens is 320 g/mol. The predicted octanol–water partition coefficient (Wildman–Crippen LogP) is 3.11. The van der Waals surface area contributed by atoms with Gasteiger partial charge >= 0.3 is 0 Å². The highest BCUT2D eigenvalue weighted by molar-refractivity contribution is 7.17. The van der Waals surface area contributed by atoms with Crippen molar-refractivity contribution in [3.8, 4) is 10.4 Å². The van der Waals surface area contributed by atoms with Crippen LogP contribution < -0.4 is 5.32 Å². The lowest BCUT2D eigenvalue weighted by atomic mass is 9.91. The Labute approximate surface area is 146 Å². The Hall–Kier alpha value is -2.14. The third kappa shape index (κ3) is 3.22. The van der Waals surface area contributed by atoms with Crippen LogP contribution in [0.25, 0.3) is 10.4 Å². The number of thiophene rings is 1. The van der Waals surface area contributed by atoms with Crippen molar-refractivity contribution < 1.29 is 9.59 Å². The highest BCUT2D eigenvalue weighted by Crippen LogP contribution is 2.39. The second-order valence-corrected chi connectivity index (χ2v) is 6.95. The van der Waals surface area contributed by atoms with Crippen molar-refractivity contribution >= 4 is 23.2 Å². The number of hydrogen-bond donors (Lipinski definition) is 1. The zero-order valence-corrected chi connectivity index (χ0v) is 14.9. The van der Waals surface area contributed by atoms with Crippen molar-refractivity contribution in [1.29, 1.82) is 0 Å². The Bertz CT molecular complexity index is 766. The van der Waals surface area contributed by atoms with E-state index in [1.54, 1.807) is 16.2 Å². The number of aryl methyl sites for hydroxylation is 2. The van der Waals surface area contributed by atoms with E-state index in [0.29, 0.717) is 13.1 Å². The first kappa shape index (κ1) is 16.7. The van der Waals surface area contributed by atoms with Gasteiger partial charge in [-0.05, 0) is 49.4 Å². The standard InChI is InChI=1S/C19H22N2O2S/c1-3-20-17(22)12-21(4-2)19(23)16-11-14-10-9-13-7-5-6-8-15(13)18(14)24-16/h5-8,11H,3-4,9-10,12H2,1-2H3,(H,20,22). The molecule has 0 saturated heterocycles. The Morgan fingerprint density at radius 1 is 1.17 bits per heavy atom. The molecule has 1 N–H and O–H groups in total. The number of hydrogen-bond acceptors (Lipinski definition) is 3. The van der Waals surface area contributed by atoms with Gasteiger partial charge in [0.05, 0.1) is 11.4 Å². The maximum Gasteiger partial charge on any atom is 0.264 e. The van der Waals surface area contributed by atoms with Crippen LogP contribution in [0.15, 0.2) is 30.3 Å². The molecule has 2 aromatic rings. The third-order valence-corrected chi connectivity index (χ3v) is 5.52. The quantitative estimate of drug-likeness (QED) is 0.908. The largest absolute Gasteiger partial charge is 0.355 e. The summed E-state index contributed by atoms with van der Waals surface area (Å²) in [6.07, 6.45) is 1.99. The van der Waals surface area contributed by atoms with Crippen molar-refractivity contribution in [2.75, 3.05) is 19.6 Å². The molecule has 0 aliphatic heterocycles. The number of nitrogens with zero attached hydrogens (tertiary/aromatic N) is 1. The maximum atomic E-state index is 12.8. The van der Waals surface area contributed by atoms with Crippen LogP contribution in [0.4, 0.5) is 0 Å². The van der Waals surface area contributed by atoms with Gasteiger partial charge in [-0.15, -0.1) is 11.3 Å². The van der Waals surface area contributed by atoms with E-state index in [9.17, 15) is 9.59 Å². The van der Waals surface area contributed by atoms with Crippen LogP contribution in [-0.2, 0) is 17.6 Å². The van der Waals surface area contributed by atoms with E-state index >= 15 is 0 Å². The minimum Gasteiger partial charge on any atom is -0.355 e. The lowest BCUT2D eigenvalue weighted by Crippen LogP contribution is -2.40. The number of nitrogens with one attached hydrogen (secondary N) is 1. The van der Waals surface area contributed by atoms with E-state index in [1.807, 2.05) is 26.0 Å². The molecule has 0 atom stereocenters. The molecule has 4 nitrogen and oxygen atoms in total. The highest BCUT2D eigenvalue weighted by Gasteiger charge is 2.24. The van der Waals surface area contributed by atoms with Gasteiger partial charge in [0.1, 0.15) is 0 Å². The number of likely N-dealkylation sites (N-methyl/N-ethyl adjacent to an activating group) is 2. The van der Waals surface area contributed by atoms with Crippen molar-refractivity contribution in [1.82, 2.24) is 10.2 Å². The lowest BCUT2D eigenvalue weighted by molar-refractivity contribution is -0.121. The monoisotopic (exact) mass is 342 g/mol. The Kier molecular flexibility index (Phi) is 5.00. The van der Waals surface area contributed by atoms with E-state index < -0.39 is 0 Å². The van der Waals surface area contributed by atoms with Gasteiger partial charge in [-0.25, -0.2) is 0 Å². The normalized spacial score (nSPS) is 12.2. The Morgan fingerprint density at radius 2 is 1.92 bits per heavy atom. The molecule has 5 heteroatoms. The molecule has 0 unspecified atom stereocenters. The summed E-state index contributed by atoms with van der Waals surface area (Å²) in [6.45, 7) is 4.99. The molecule has 0 bridgehead atoms. The fourth-order valence-corrected chi connectivity index (χ4v) is 4.33. The molecule has 0 fully saturated rings. The topological polar surface area (TPSA) is 49.4 Å². The first-order chi connectivity index (χ1) is 11.6. The maximum absolute atomic E-state index is 12.8. The fourth-order valence-electron chi connectivity index (χ4n) is 3.09. The minimum absolute atomic E-state index is 0.0550. The molecule has 3 rings (SSSR count). The molecule has 1 aliphatic carbocycles. The van der Waals surface area contributed by atoms with Gasteiger partial charge in [-0.2, -0.15) is 0 Å². The summed E-state index contributed by atoms with van der Waals surface area (Å²) < 4.78 is 0. The van der Waals surface area contributed by atoms with Crippen molar-refractivity contribution in [3.05, 3.63) is 46.3 Å². The second-order valence-electron chi connectivity index (χ2n) is 5.89. The average molecular weight is 342 g/mol. The zero-order valence-electron chi connectivity index (χ0n) is 14.1. The summed E-state index contributed by atoms with van der Waals surface area (Å²) in [5.41, 5.74) is 3.84. The van der Waals surface area contributed by atoms with Gasteiger partial charge in [0.2, 0.25) is 5.91 Å². The number of amides is 2. The van der Waals surface area contributed by atoms with Gasteiger partial charge in [-0.1, -0.05) is 24.3 Å². The van der Waals surface area contributed by atoms with Crippen molar-refractivity contribution in [2.45, 2.75) is 26.7 Å². The molecule has 1 aliphatic rings. The number of carbonyl (C=O) groups is 2. The van der Waals surface area contributed by atoms with E-state index in [4.69, 9.17) is 0 Å². The number of rotatable bonds is 5. The predicted molar refractivity (Wildman–Crippen MR) is 97.4 cm³/mol. The van der Waals surface area contributed by atoms with Gasteiger partial charge in [-0.3, -0.25) is 9.59 Å². The van der Waals surface area contributed by atoms with Gasteiger partial charge in [0, 0.05) is 18.0 Å². The van der Waals surface area contributed by atoms with Crippen LogP contribution in [0.1, 0.15) is 34.6 Å². The summed E-state index contributed by atoms with van der Waals surface area (Å²) in [4.78, 5) is 28.1. The van der Waals surface area contributed by atoms with Crippen LogP contribution in [0, 0.1) is 0 Å². The molecule has 1 heterocycles. The number of carbonyl (C=O) groups excluding carboxylic acids is 2. The van der Waals surface area contributed by atoms with Gasteiger partial charge in [0.15, 0.2) is 0 Å². The van der Waals surface area contributed by atoms with Crippen LogP contribution in [0.2, 0.25) is 0 Å². The molecule has 1 aromatic carbocycles. The van der Waals surface area contributed by atoms with Crippen LogP contribution in [0.5, 0.6) is 0 Å². The second kappa shape index (κ2) is 7.18. The number of benzene rings is 1. The summed E-state index contributed by atoms with van der Waals surface area (Å²) in [6, 6.07) is 10.4. The fraction of sp³-hybridized carbons (Fsp3) is 0.368. The lowest BCUT2D eigenvalue weighted by Gasteiger charge is -2.19. The minimum atomic E-state index is -0.112. The third-order valence-electron chi connectivity index (χ3n) is 4.32. The molecule has 0 saturated carbocycles. The molecular formula is C19H22N2O2S. The van der Waals surface area contributed by atoms with Crippen LogP contribution in [0.3, 0.4) is 0 Å². The van der Waals surface area contributed by atoms with Crippen molar-refractivity contribution in [2.24, 2.45) is 0 Å². The summed E-state index contributed by atoms with van der Waals surface area (Å²) in [7, 11) is 0. The highest BCUT2D eigenvalue weighted by atomic mass is 32.1. The smallest absolute Gasteiger partial charge is 0.264 e. The van der Waals surface area contributed by atoms with Gasteiger partial charge < -0.3 is 10.2 Å². The molecule has 24 heavy (non-hydrogen) atoms. The van der Waals surface area contributed by atoms with Gasteiger partial charge in [0.25, 0.3) is 5.91 Å². The molecule has 0 radical (unpaired) electrons. The summed E-state index contributed by atoms with van der Waals surface area (Å²) in [5, 5.41) is 2.75. The molecule has 1 aromatic heterocycles. The molecule has 0 spiro atoms. The van der Waals surface area contributed by atoms with E-state index in [0.717, 1.165) is 17.7 Å².